The van der Waals surface area contributed by atoms with Gasteiger partial charge in [0.25, 0.3) is 0 Å². The molecule has 0 radical (unpaired) electrons. The van der Waals surface area contributed by atoms with Crippen LogP contribution in [0, 0.1) is 5.82 Å². The first-order valence-electron chi connectivity index (χ1n) is 8.67. The van der Waals surface area contributed by atoms with Gasteiger partial charge >= 0.3 is 0 Å². The summed E-state index contributed by atoms with van der Waals surface area (Å²) in [5, 5.41) is 7.20. The van der Waals surface area contributed by atoms with Gasteiger partial charge in [-0.1, -0.05) is 35.9 Å². The maximum atomic E-state index is 14.5. The number of rotatable bonds is 4. The number of ether oxygens (including phenoxy) is 1. The van der Waals surface area contributed by atoms with E-state index in [9.17, 15) is 4.39 Å². The number of halogens is 2. The van der Waals surface area contributed by atoms with Crippen molar-refractivity contribution in [3.05, 3.63) is 94.8 Å². The number of hydrogen-bond acceptors (Lipinski definition) is 3. The van der Waals surface area contributed by atoms with Gasteiger partial charge in [-0.05, 0) is 59.7 Å². The maximum Gasteiger partial charge on any atom is 0.148 e. The van der Waals surface area contributed by atoms with Crippen LogP contribution in [0.4, 0.5) is 10.1 Å². The Bertz CT molecular complexity index is 970. The molecule has 3 aromatic rings. The van der Waals surface area contributed by atoms with E-state index < -0.39 is 0 Å². The number of para-hydroxylation sites is 1. The van der Waals surface area contributed by atoms with E-state index in [4.69, 9.17) is 21.4 Å². The van der Waals surface area contributed by atoms with Gasteiger partial charge in [-0.15, -0.1) is 0 Å². The fourth-order valence-electron chi connectivity index (χ4n) is 3.27. The Morgan fingerprint density at radius 3 is 2.37 bits per heavy atom. The van der Waals surface area contributed by atoms with Crippen LogP contribution in [-0.4, -0.2) is 12.8 Å². The van der Waals surface area contributed by atoms with E-state index in [0.717, 1.165) is 22.6 Å². The number of benzene rings is 3. The fraction of sp³-hybridized carbons (Fsp3) is 0.136. The highest BCUT2D eigenvalue weighted by Gasteiger charge is 2.31. The Morgan fingerprint density at radius 1 is 1.00 bits per heavy atom. The smallest absolute Gasteiger partial charge is 0.148 e. The highest BCUT2D eigenvalue weighted by atomic mass is 35.5. The molecule has 1 atom stereocenters. The summed E-state index contributed by atoms with van der Waals surface area (Å²) in [4.78, 5) is 0. The van der Waals surface area contributed by atoms with Crippen molar-refractivity contribution < 1.29 is 9.13 Å². The summed E-state index contributed by atoms with van der Waals surface area (Å²) < 4.78 is 19.7. The summed E-state index contributed by atoms with van der Waals surface area (Å²) in [5.74, 6) is 0.494. The van der Waals surface area contributed by atoms with Gasteiger partial charge in [0, 0.05) is 11.4 Å². The quantitative estimate of drug-likeness (QED) is 0.567. The van der Waals surface area contributed by atoms with Crippen LogP contribution in [-0.2, 0) is 0 Å². The Morgan fingerprint density at radius 2 is 1.70 bits per heavy atom. The van der Waals surface area contributed by atoms with Gasteiger partial charge in [0.05, 0.1) is 24.6 Å². The van der Waals surface area contributed by atoms with Crippen molar-refractivity contribution in [3.8, 4) is 5.75 Å². The number of nitrogens with zero attached hydrogens (tertiary/aromatic N) is 2. The first-order valence-corrected chi connectivity index (χ1v) is 9.04. The summed E-state index contributed by atoms with van der Waals surface area (Å²) >= 11 is 6.04. The SMILES string of the molecule is COc1ccc(C2=NN(c3ccccc3F)[C@@H](c3ccc(Cl)cc3)C2)cc1. The number of hydrazone groups is 1. The van der Waals surface area contributed by atoms with Crippen LogP contribution >= 0.6 is 11.6 Å². The molecule has 3 aromatic carbocycles. The standard InChI is InChI=1S/C22H18ClFN2O/c1-27-18-12-8-15(9-13-18)20-14-22(16-6-10-17(23)11-7-16)26(25-20)21-5-3-2-4-19(21)24/h2-13,22H,14H2,1H3/t22-/m1/s1. The molecule has 0 fully saturated rings. The Balaban J connectivity index is 1.75. The zero-order chi connectivity index (χ0) is 18.8. The Kier molecular flexibility index (Phi) is 4.82. The second kappa shape index (κ2) is 7.41. The molecule has 1 heterocycles. The van der Waals surface area contributed by atoms with E-state index in [1.54, 1.807) is 24.3 Å². The minimum Gasteiger partial charge on any atom is -0.497 e. The Hall–Kier alpha value is -2.85. The molecule has 0 bridgehead atoms. The highest BCUT2D eigenvalue weighted by molar-refractivity contribution is 6.30. The lowest BCUT2D eigenvalue weighted by atomic mass is 9.98. The van der Waals surface area contributed by atoms with Crippen LogP contribution in [0.1, 0.15) is 23.6 Å². The number of methoxy groups -OCH3 is 1. The molecule has 0 saturated carbocycles. The van der Waals surface area contributed by atoms with Gasteiger partial charge < -0.3 is 4.74 Å². The van der Waals surface area contributed by atoms with E-state index in [1.807, 2.05) is 54.6 Å². The molecule has 0 amide bonds. The average molecular weight is 381 g/mol. The summed E-state index contributed by atoms with van der Waals surface area (Å²) in [6, 6.07) is 22.0. The lowest BCUT2D eigenvalue weighted by molar-refractivity contribution is 0.415. The third kappa shape index (κ3) is 3.53. The predicted octanol–water partition coefficient (Wildman–Crippen LogP) is 5.84. The second-order valence-corrected chi connectivity index (χ2v) is 6.78. The van der Waals surface area contributed by atoms with Crippen LogP contribution in [0.3, 0.4) is 0 Å². The molecule has 136 valence electrons. The largest absolute Gasteiger partial charge is 0.497 e. The summed E-state index contributed by atoms with van der Waals surface area (Å²) in [5.41, 5.74) is 3.39. The topological polar surface area (TPSA) is 24.8 Å². The summed E-state index contributed by atoms with van der Waals surface area (Å²) in [6.45, 7) is 0. The van der Waals surface area contributed by atoms with Crippen LogP contribution in [0.15, 0.2) is 77.9 Å². The molecular weight excluding hydrogens is 363 g/mol. The van der Waals surface area contributed by atoms with E-state index in [0.29, 0.717) is 17.1 Å². The van der Waals surface area contributed by atoms with E-state index in [2.05, 4.69) is 0 Å². The molecule has 5 heteroatoms. The molecule has 27 heavy (non-hydrogen) atoms. The first-order chi connectivity index (χ1) is 13.2. The van der Waals surface area contributed by atoms with E-state index in [-0.39, 0.29) is 11.9 Å². The number of anilines is 1. The van der Waals surface area contributed by atoms with Crippen molar-refractivity contribution in [1.82, 2.24) is 0 Å². The van der Waals surface area contributed by atoms with Crippen LogP contribution in [0.2, 0.25) is 5.02 Å². The number of hydrogen-bond donors (Lipinski definition) is 0. The van der Waals surface area contributed by atoms with Gasteiger partial charge in [0.15, 0.2) is 0 Å². The molecule has 0 unspecified atom stereocenters. The van der Waals surface area contributed by atoms with Gasteiger partial charge in [-0.2, -0.15) is 5.10 Å². The van der Waals surface area contributed by atoms with Crippen molar-refractivity contribution in [2.45, 2.75) is 12.5 Å². The van der Waals surface area contributed by atoms with Crippen molar-refractivity contribution in [2.24, 2.45) is 5.10 Å². The maximum absolute atomic E-state index is 14.5. The molecule has 0 spiro atoms. The van der Waals surface area contributed by atoms with E-state index in [1.165, 1.54) is 6.07 Å². The highest BCUT2D eigenvalue weighted by Crippen LogP contribution is 2.38. The summed E-state index contributed by atoms with van der Waals surface area (Å²) in [6.07, 6.45) is 0.669. The molecule has 0 N–H and O–H groups in total. The lowest BCUT2D eigenvalue weighted by Crippen LogP contribution is -2.19. The van der Waals surface area contributed by atoms with Gasteiger partial charge in [0.1, 0.15) is 11.6 Å². The normalized spacial score (nSPS) is 16.3. The van der Waals surface area contributed by atoms with Crippen molar-refractivity contribution in [1.29, 1.82) is 0 Å². The van der Waals surface area contributed by atoms with Crippen molar-refractivity contribution in [2.75, 3.05) is 12.1 Å². The Labute approximate surface area is 162 Å². The first kappa shape index (κ1) is 17.6. The van der Waals surface area contributed by atoms with Crippen LogP contribution < -0.4 is 9.75 Å². The zero-order valence-corrected chi connectivity index (χ0v) is 15.5. The molecule has 0 saturated heterocycles. The monoisotopic (exact) mass is 380 g/mol. The second-order valence-electron chi connectivity index (χ2n) is 6.34. The molecule has 3 nitrogen and oxygen atoms in total. The van der Waals surface area contributed by atoms with Crippen LogP contribution in [0.5, 0.6) is 5.75 Å². The van der Waals surface area contributed by atoms with Gasteiger partial charge in [0.2, 0.25) is 0 Å². The fourth-order valence-corrected chi connectivity index (χ4v) is 3.40. The third-order valence-corrected chi connectivity index (χ3v) is 4.94. The lowest BCUT2D eigenvalue weighted by Gasteiger charge is -2.24. The molecular formula is C22H18ClFN2O. The minimum absolute atomic E-state index is 0.101. The summed E-state index contributed by atoms with van der Waals surface area (Å²) in [7, 11) is 1.64. The van der Waals surface area contributed by atoms with Gasteiger partial charge in [-0.25, -0.2) is 4.39 Å². The molecule has 1 aliphatic heterocycles. The average Bonchev–Trinajstić information content (AvgIpc) is 3.14. The molecule has 4 rings (SSSR count). The zero-order valence-electron chi connectivity index (χ0n) is 14.8. The third-order valence-electron chi connectivity index (χ3n) is 4.69. The van der Waals surface area contributed by atoms with E-state index >= 15 is 0 Å². The van der Waals surface area contributed by atoms with Crippen molar-refractivity contribution in [3.63, 3.8) is 0 Å². The predicted molar refractivity (Wildman–Crippen MR) is 107 cm³/mol. The van der Waals surface area contributed by atoms with Crippen LogP contribution in [0.25, 0.3) is 0 Å². The van der Waals surface area contributed by atoms with Gasteiger partial charge in [-0.3, -0.25) is 5.01 Å². The molecule has 1 aliphatic rings. The van der Waals surface area contributed by atoms with Crippen molar-refractivity contribution >= 4 is 23.0 Å². The molecule has 0 aliphatic carbocycles. The molecule has 0 aromatic heterocycles. The minimum atomic E-state index is -0.295.